The second kappa shape index (κ2) is 7.26. The fourth-order valence-electron chi connectivity index (χ4n) is 0.996. The predicted molar refractivity (Wildman–Crippen MR) is 60.6 cm³/mol. The molecule has 1 aliphatic heterocycles. The molecule has 0 aromatic carbocycles. The Hall–Kier alpha value is -1.16. The molecule has 2 N–H and O–H groups in total. The molecule has 1 amide bonds. The summed E-state index contributed by atoms with van der Waals surface area (Å²) in [6.07, 6.45) is 11.5. The van der Waals surface area contributed by atoms with Gasteiger partial charge in [-0.1, -0.05) is 18.2 Å². The number of amides is 1. The zero-order chi connectivity index (χ0) is 10.1. The Labute approximate surface area is 88.3 Å². The molecule has 0 saturated heterocycles. The Balaban J connectivity index is 2.03. The van der Waals surface area contributed by atoms with Gasteiger partial charge in [0.25, 0.3) is 0 Å². The van der Waals surface area contributed by atoms with Crippen LogP contribution in [-0.4, -0.2) is 17.9 Å². The Morgan fingerprint density at radius 1 is 1.64 bits per heavy atom. The number of dihydropyridines is 1. The van der Waals surface area contributed by atoms with E-state index >= 15 is 0 Å². The maximum atomic E-state index is 9.89. The van der Waals surface area contributed by atoms with Crippen LogP contribution < -0.4 is 10.6 Å². The van der Waals surface area contributed by atoms with Gasteiger partial charge < -0.3 is 10.6 Å². The number of hydrogen-bond donors (Lipinski definition) is 2. The minimum Gasteiger partial charge on any atom is -0.365 e. The van der Waals surface area contributed by atoms with Crippen molar-refractivity contribution < 1.29 is 4.79 Å². The summed E-state index contributed by atoms with van der Waals surface area (Å²) in [6, 6.07) is 0. The summed E-state index contributed by atoms with van der Waals surface area (Å²) in [4.78, 5) is 9.89. The van der Waals surface area contributed by atoms with Crippen LogP contribution in [0.1, 0.15) is 6.42 Å². The predicted octanol–water partition coefficient (Wildman–Crippen LogP) is 1.37. The molecule has 1 rings (SSSR count). The van der Waals surface area contributed by atoms with Crippen LogP contribution in [0.2, 0.25) is 0 Å². The van der Waals surface area contributed by atoms with Crippen LogP contribution in [0.3, 0.4) is 0 Å². The number of rotatable bonds is 6. The Morgan fingerprint density at radius 2 is 2.57 bits per heavy atom. The lowest BCUT2D eigenvalue weighted by Crippen LogP contribution is -2.09. The maximum absolute atomic E-state index is 9.89. The van der Waals surface area contributed by atoms with Gasteiger partial charge in [0.05, 0.1) is 0 Å². The molecule has 0 aliphatic carbocycles. The van der Waals surface area contributed by atoms with Crippen LogP contribution in [0.15, 0.2) is 36.3 Å². The molecular formula is C10H14N2OS. The highest BCUT2D eigenvalue weighted by atomic mass is 32.2. The second-order valence-corrected chi connectivity index (χ2v) is 3.74. The highest BCUT2D eigenvalue weighted by Gasteiger charge is 1.96. The lowest BCUT2D eigenvalue weighted by atomic mass is 10.3. The van der Waals surface area contributed by atoms with Gasteiger partial charge in [-0.2, -0.15) is 11.8 Å². The number of allylic oxidation sites excluding steroid dienone is 2. The van der Waals surface area contributed by atoms with Gasteiger partial charge in [0, 0.05) is 23.4 Å². The first-order valence-corrected chi connectivity index (χ1v) is 5.62. The summed E-state index contributed by atoms with van der Waals surface area (Å²) in [7, 11) is 0. The van der Waals surface area contributed by atoms with E-state index in [1.165, 1.54) is 5.70 Å². The Bertz CT molecular complexity index is 259. The molecule has 1 aliphatic rings. The van der Waals surface area contributed by atoms with Gasteiger partial charge in [0.1, 0.15) is 0 Å². The molecule has 0 aromatic rings. The highest BCUT2D eigenvalue weighted by molar-refractivity contribution is 7.99. The molecule has 14 heavy (non-hydrogen) atoms. The minimum absolute atomic E-state index is 0.664. The summed E-state index contributed by atoms with van der Waals surface area (Å²) in [5.74, 6) is 1.89. The highest BCUT2D eigenvalue weighted by Crippen LogP contribution is 2.09. The molecule has 0 bridgehead atoms. The van der Waals surface area contributed by atoms with E-state index in [4.69, 9.17) is 0 Å². The summed E-state index contributed by atoms with van der Waals surface area (Å²) in [5.41, 5.74) is 1.26. The van der Waals surface area contributed by atoms with Gasteiger partial charge in [-0.05, 0) is 12.6 Å². The SMILES string of the molecule is O=CNC=CCSCC1=CCC=CN1. The van der Waals surface area contributed by atoms with Crippen LogP contribution >= 0.6 is 11.8 Å². The van der Waals surface area contributed by atoms with Gasteiger partial charge in [-0.25, -0.2) is 0 Å². The third-order valence-corrected chi connectivity index (χ3v) is 2.58. The molecule has 4 heteroatoms. The molecular weight excluding hydrogens is 196 g/mol. The zero-order valence-corrected chi connectivity index (χ0v) is 8.72. The number of thioether (sulfide) groups is 1. The van der Waals surface area contributed by atoms with Gasteiger partial charge in [-0.3, -0.25) is 4.79 Å². The monoisotopic (exact) mass is 210 g/mol. The Morgan fingerprint density at radius 3 is 3.29 bits per heavy atom. The van der Waals surface area contributed by atoms with E-state index in [1.807, 2.05) is 12.3 Å². The van der Waals surface area contributed by atoms with Crippen molar-refractivity contribution >= 4 is 18.2 Å². The second-order valence-electron chi connectivity index (χ2n) is 2.71. The van der Waals surface area contributed by atoms with Crippen molar-refractivity contribution in [1.82, 2.24) is 10.6 Å². The van der Waals surface area contributed by atoms with Crippen LogP contribution in [0.25, 0.3) is 0 Å². The van der Waals surface area contributed by atoms with Crippen molar-refractivity contribution in [3.8, 4) is 0 Å². The van der Waals surface area contributed by atoms with Crippen molar-refractivity contribution in [3.63, 3.8) is 0 Å². The molecule has 0 spiro atoms. The maximum Gasteiger partial charge on any atom is 0.211 e. The molecule has 1 heterocycles. The summed E-state index contributed by atoms with van der Waals surface area (Å²) >= 11 is 1.80. The molecule has 3 nitrogen and oxygen atoms in total. The third-order valence-electron chi connectivity index (χ3n) is 1.64. The summed E-state index contributed by atoms with van der Waals surface area (Å²) in [6.45, 7) is 0. The molecule has 0 fully saturated rings. The first kappa shape index (κ1) is 10.9. The average Bonchev–Trinajstić information content (AvgIpc) is 2.25. The summed E-state index contributed by atoms with van der Waals surface area (Å²) in [5, 5.41) is 5.66. The fraction of sp³-hybridized carbons (Fsp3) is 0.300. The van der Waals surface area contributed by atoms with Gasteiger partial charge >= 0.3 is 0 Å². The molecule has 0 aromatic heterocycles. The zero-order valence-electron chi connectivity index (χ0n) is 7.90. The molecule has 0 radical (unpaired) electrons. The first-order chi connectivity index (χ1) is 6.93. The largest absolute Gasteiger partial charge is 0.365 e. The van der Waals surface area contributed by atoms with Crippen LogP contribution in [0.4, 0.5) is 0 Å². The normalized spacial score (nSPS) is 15.0. The van der Waals surface area contributed by atoms with E-state index in [2.05, 4.69) is 22.8 Å². The van der Waals surface area contributed by atoms with E-state index in [9.17, 15) is 4.79 Å². The summed E-state index contributed by atoms with van der Waals surface area (Å²) < 4.78 is 0. The number of carbonyl (C=O) groups is 1. The van der Waals surface area contributed by atoms with Crippen molar-refractivity contribution in [2.24, 2.45) is 0 Å². The lowest BCUT2D eigenvalue weighted by molar-refractivity contribution is -0.108. The average molecular weight is 210 g/mol. The van der Waals surface area contributed by atoms with Gasteiger partial charge in [-0.15, -0.1) is 0 Å². The first-order valence-electron chi connectivity index (χ1n) is 4.46. The lowest BCUT2D eigenvalue weighted by Gasteiger charge is -2.09. The minimum atomic E-state index is 0.664. The van der Waals surface area contributed by atoms with Gasteiger partial charge in [0.15, 0.2) is 0 Å². The topological polar surface area (TPSA) is 41.1 Å². The van der Waals surface area contributed by atoms with Crippen LogP contribution in [0, 0.1) is 0 Å². The molecule has 0 atom stereocenters. The van der Waals surface area contributed by atoms with Crippen LogP contribution in [-0.2, 0) is 4.79 Å². The van der Waals surface area contributed by atoms with E-state index in [-0.39, 0.29) is 0 Å². The standard InChI is InChI=1S/C10H14N2OS/c13-9-11-5-3-7-14-8-10-4-1-2-6-12-10/h2-6,9,12H,1,7-8H2,(H,11,13). The number of carbonyl (C=O) groups excluding carboxylic acids is 1. The Kier molecular flexibility index (Phi) is 5.66. The fourth-order valence-corrected chi connectivity index (χ4v) is 1.77. The van der Waals surface area contributed by atoms with Crippen molar-refractivity contribution in [1.29, 1.82) is 0 Å². The smallest absolute Gasteiger partial charge is 0.211 e. The van der Waals surface area contributed by atoms with Gasteiger partial charge in [0.2, 0.25) is 6.41 Å². The van der Waals surface area contributed by atoms with Crippen molar-refractivity contribution in [2.45, 2.75) is 6.42 Å². The number of nitrogens with one attached hydrogen (secondary N) is 2. The van der Waals surface area contributed by atoms with E-state index in [0.29, 0.717) is 6.41 Å². The number of hydrogen-bond acceptors (Lipinski definition) is 3. The van der Waals surface area contributed by atoms with Crippen molar-refractivity contribution in [2.75, 3.05) is 11.5 Å². The third kappa shape index (κ3) is 4.77. The van der Waals surface area contributed by atoms with E-state index in [0.717, 1.165) is 17.9 Å². The molecule has 0 saturated carbocycles. The quantitative estimate of drug-likeness (QED) is 0.514. The molecule has 76 valence electrons. The van der Waals surface area contributed by atoms with E-state index in [1.54, 1.807) is 18.0 Å². The van der Waals surface area contributed by atoms with Crippen LogP contribution in [0.5, 0.6) is 0 Å². The molecule has 0 unspecified atom stereocenters. The van der Waals surface area contributed by atoms with Crippen molar-refractivity contribution in [3.05, 3.63) is 36.3 Å². The van der Waals surface area contributed by atoms with E-state index < -0.39 is 0 Å².